The number of amides is 2. The molecule has 1 unspecified atom stereocenters. The molecule has 1 fully saturated rings. The fourth-order valence-corrected chi connectivity index (χ4v) is 5.61. The van der Waals surface area contributed by atoms with E-state index in [0.717, 1.165) is 18.6 Å². The highest BCUT2D eigenvalue weighted by atomic mass is 35.5. The van der Waals surface area contributed by atoms with Gasteiger partial charge in [0.1, 0.15) is 22.7 Å². The smallest absolute Gasteiger partial charge is 0.460 e. The molecule has 2 amide bonds. The van der Waals surface area contributed by atoms with Crippen LogP contribution in [0, 0.1) is 5.82 Å². The number of carbonyl (C=O) groups excluding carboxylic acids is 2. The summed E-state index contributed by atoms with van der Waals surface area (Å²) in [5, 5.41) is 6.01. The molecule has 1 heterocycles. The Labute approximate surface area is 280 Å². The minimum Gasteiger partial charge on any atom is -0.460 e. The highest BCUT2D eigenvalue weighted by Gasteiger charge is 2.45. The van der Waals surface area contributed by atoms with Crippen LogP contribution in [-0.4, -0.2) is 53.9 Å². The second kappa shape index (κ2) is 15.5. The number of aromatic nitrogens is 1. The monoisotopic (exact) mass is 697 g/mol. The van der Waals surface area contributed by atoms with Gasteiger partial charge in [0.05, 0.1) is 35.9 Å². The number of nitrogens with zero attached hydrogens (tertiary/aromatic N) is 1. The van der Waals surface area contributed by atoms with Crippen molar-refractivity contribution in [3.63, 3.8) is 0 Å². The van der Waals surface area contributed by atoms with Crippen molar-refractivity contribution in [2.24, 2.45) is 0 Å². The van der Waals surface area contributed by atoms with Crippen molar-refractivity contribution in [2.75, 3.05) is 6.61 Å². The van der Waals surface area contributed by atoms with Crippen LogP contribution in [0.2, 0.25) is 5.02 Å². The third kappa shape index (κ3) is 10.0. The largest absolute Gasteiger partial charge is 0.461 e. The maximum absolute atomic E-state index is 15.1. The summed E-state index contributed by atoms with van der Waals surface area (Å²) in [6.07, 6.45) is -6.42. The van der Waals surface area contributed by atoms with E-state index in [0.29, 0.717) is 24.5 Å². The summed E-state index contributed by atoms with van der Waals surface area (Å²) in [5.41, 5.74) is -1.76. The maximum atomic E-state index is 15.1. The highest BCUT2D eigenvalue weighted by Crippen LogP contribution is 2.37. The van der Waals surface area contributed by atoms with Gasteiger partial charge in [-0.2, -0.15) is 17.6 Å². The topological polar surface area (TPSA) is 98.8 Å². The molecular formula is C34H37ClF5N3O5. The SMILES string of the molecule is CC(C)(C)OC(=O)CCO[C@@H]1CCCC1NC(=O)N[C@@](Cc1ccccc1)(c1cc(F)cc(OC(F)(F)C(F)F)c1)c1ccc(Cl)cn1. The molecule has 2 aromatic carbocycles. The molecule has 3 aromatic rings. The molecule has 3 atom stereocenters. The lowest BCUT2D eigenvalue weighted by Gasteiger charge is -2.36. The molecule has 1 aliphatic carbocycles. The molecule has 0 bridgehead atoms. The fourth-order valence-electron chi connectivity index (χ4n) is 5.50. The molecule has 2 N–H and O–H groups in total. The van der Waals surface area contributed by atoms with Crippen molar-refractivity contribution >= 4 is 23.6 Å². The number of carbonyl (C=O) groups is 2. The lowest BCUT2D eigenvalue weighted by Crippen LogP contribution is -2.55. The molecule has 4 rings (SSSR count). The molecule has 14 heteroatoms. The summed E-state index contributed by atoms with van der Waals surface area (Å²) in [7, 11) is 0. The molecule has 0 spiro atoms. The third-order valence-corrected chi connectivity index (χ3v) is 7.73. The highest BCUT2D eigenvalue weighted by molar-refractivity contribution is 6.30. The van der Waals surface area contributed by atoms with Crippen molar-refractivity contribution in [3.8, 4) is 5.75 Å². The first kappa shape index (κ1) is 36.9. The quantitative estimate of drug-likeness (QED) is 0.141. The Morgan fingerprint density at radius 1 is 1.04 bits per heavy atom. The van der Waals surface area contributed by atoms with Gasteiger partial charge in [-0.05, 0) is 75.4 Å². The number of hydrogen-bond donors (Lipinski definition) is 2. The van der Waals surface area contributed by atoms with Crippen LogP contribution < -0.4 is 15.4 Å². The lowest BCUT2D eigenvalue weighted by molar-refractivity contribution is -0.253. The molecule has 1 saturated carbocycles. The van der Waals surface area contributed by atoms with Crippen LogP contribution in [0.1, 0.15) is 63.3 Å². The van der Waals surface area contributed by atoms with Crippen LogP contribution in [-0.2, 0) is 26.2 Å². The minimum absolute atomic E-state index is 0.0175. The minimum atomic E-state index is -4.92. The third-order valence-electron chi connectivity index (χ3n) is 7.50. The zero-order valence-corrected chi connectivity index (χ0v) is 27.3. The van der Waals surface area contributed by atoms with Gasteiger partial charge in [0.25, 0.3) is 0 Å². The Balaban J connectivity index is 1.67. The molecule has 1 aliphatic rings. The Kier molecular flexibility index (Phi) is 11.9. The van der Waals surface area contributed by atoms with Crippen LogP contribution in [0.25, 0.3) is 0 Å². The number of hydrogen-bond acceptors (Lipinski definition) is 6. The summed E-state index contributed by atoms with van der Waals surface area (Å²) < 4.78 is 84.5. The Bertz CT molecular complexity index is 1540. The summed E-state index contributed by atoms with van der Waals surface area (Å²) >= 11 is 6.11. The van der Waals surface area contributed by atoms with Gasteiger partial charge in [0.15, 0.2) is 0 Å². The normalized spacial score (nSPS) is 17.9. The standard InChI is InChI=1S/C34H37ClF5N3O5/c1-32(2,3)48-29(44)14-15-46-27-11-7-10-26(27)42-31(45)43-33(19-21-8-5-4-6-9-21,28-13-12-23(35)20-41-28)22-16-24(36)18-25(17-22)47-34(39,40)30(37)38/h4-6,8-9,12-13,16-18,20,26-27,30H,7,10-11,14-15,19H2,1-3H3,(H2,42,43,45)/t26?,27-,33+/m1/s1. The van der Waals surface area contributed by atoms with Gasteiger partial charge in [0.2, 0.25) is 0 Å². The zero-order valence-electron chi connectivity index (χ0n) is 26.6. The van der Waals surface area contributed by atoms with Gasteiger partial charge >= 0.3 is 24.5 Å². The number of halogens is 6. The van der Waals surface area contributed by atoms with Gasteiger partial charge < -0.3 is 24.8 Å². The predicted molar refractivity (Wildman–Crippen MR) is 168 cm³/mol. The number of rotatable bonds is 13. The van der Waals surface area contributed by atoms with Gasteiger partial charge in [0, 0.05) is 18.7 Å². The van der Waals surface area contributed by atoms with Crippen molar-refractivity contribution in [2.45, 2.75) is 88.7 Å². The predicted octanol–water partition coefficient (Wildman–Crippen LogP) is 7.57. The van der Waals surface area contributed by atoms with E-state index in [2.05, 4.69) is 20.4 Å². The van der Waals surface area contributed by atoms with Crippen LogP contribution in [0.3, 0.4) is 0 Å². The van der Waals surface area contributed by atoms with Crippen molar-refractivity contribution in [1.82, 2.24) is 15.6 Å². The molecular weight excluding hydrogens is 661 g/mol. The number of pyridine rings is 1. The first-order valence-electron chi connectivity index (χ1n) is 15.3. The Morgan fingerprint density at radius 2 is 1.77 bits per heavy atom. The van der Waals surface area contributed by atoms with E-state index in [1.54, 1.807) is 51.1 Å². The number of esters is 1. The summed E-state index contributed by atoms with van der Waals surface area (Å²) in [6.45, 7) is 5.35. The average molecular weight is 698 g/mol. The summed E-state index contributed by atoms with van der Waals surface area (Å²) in [4.78, 5) is 30.4. The first-order chi connectivity index (χ1) is 22.6. The van der Waals surface area contributed by atoms with E-state index < -0.39 is 59.4 Å². The molecule has 0 saturated heterocycles. The van der Waals surface area contributed by atoms with Crippen molar-refractivity contribution in [3.05, 3.63) is 94.5 Å². The zero-order chi connectivity index (χ0) is 35.1. The van der Waals surface area contributed by atoms with Gasteiger partial charge in [-0.15, -0.1) is 0 Å². The van der Waals surface area contributed by atoms with E-state index >= 15 is 4.39 Å². The first-order valence-corrected chi connectivity index (χ1v) is 15.7. The molecule has 0 aliphatic heterocycles. The molecule has 8 nitrogen and oxygen atoms in total. The van der Waals surface area contributed by atoms with Crippen molar-refractivity contribution < 1.29 is 45.8 Å². The number of benzene rings is 2. The molecule has 0 radical (unpaired) electrons. The second-order valence-corrected chi connectivity index (χ2v) is 12.9. The fraction of sp³-hybridized carbons (Fsp3) is 0.441. The van der Waals surface area contributed by atoms with Crippen molar-refractivity contribution in [1.29, 1.82) is 0 Å². The van der Waals surface area contributed by atoms with Crippen LogP contribution >= 0.6 is 11.6 Å². The number of urea groups is 1. The van der Waals surface area contributed by atoms with Crippen LogP contribution in [0.4, 0.5) is 26.7 Å². The van der Waals surface area contributed by atoms with E-state index in [1.807, 2.05) is 0 Å². The van der Waals surface area contributed by atoms with E-state index in [4.69, 9.17) is 21.1 Å². The van der Waals surface area contributed by atoms with E-state index in [-0.39, 0.29) is 35.7 Å². The van der Waals surface area contributed by atoms with Gasteiger partial charge in [-0.25, -0.2) is 9.18 Å². The number of nitrogens with one attached hydrogen (secondary N) is 2. The lowest BCUT2D eigenvalue weighted by atomic mass is 9.80. The molecule has 1 aromatic heterocycles. The number of alkyl halides is 4. The summed E-state index contributed by atoms with van der Waals surface area (Å²) in [6, 6.07) is 12.9. The molecule has 48 heavy (non-hydrogen) atoms. The maximum Gasteiger partial charge on any atom is 0.461 e. The van der Waals surface area contributed by atoms with Crippen LogP contribution in [0.15, 0.2) is 66.9 Å². The molecule has 260 valence electrons. The number of ether oxygens (including phenoxy) is 3. The van der Waals surface area contributed by atoms with Gasteiger partial charge in [-0.1, -0.05) is 41.9 Å². The van der Waals surface area contributed by atoms with E-state index in [1.165, 1.54) is 18.3 Å². The summed E-state index contributed by atoms with van der Waals surface area (Å²) in [5.74, 6) is -2.40. The Morgan fingerprint density at radius 3 is 2.42 bits per heavy atom. The average Bonchev–Trinajstić information content (AvgIpc) is 3.42. The Hall–Kier alpha value is -3.97. The second-order valence-electron chi connectivity index (χ2n) is 12.5. The van der Waals surface area contributed by atoms with E-state index in [9.17, 15) is 27.2 Å². The van der Waals surface area contributed by atoms with Crippen LogP contribution in [0.5, 0.6) is 5.75 Å². The van der Waals surface area contributed by atoms with Gasteiger partial charge in [-0.3, -0.25) is 9.78 Å².